The van der Waals surface area contributed by atoms with E-state index in [1.807, 2.05) is 5.48 Å². The van der Waals surface area contributed by atoms with E-state index in [0.29, 0.717) is 5.56 Å². The minimum Gasteiger partial charge on any atom is -0.316 e. The zero-order valence-corrected chi connectivity index (χ0v) is 6.23. The van der Waals surface area contributed by atoms with Gasteiger partial charge in [-0.2, -0.15) is 0 Å². The topological polar surface area (TPSA) is 75.4 Å². The van der Waals surface area contributed by atoms with Crippen molar-refractivity contribution in [3.05, 3.63) is 39.9 Å². The first kappa shape index (κ1) is 8.63. The Morgan fingerprint density at radius 2 is 2.33 bits per heavy atom. The van der Waals surface area contributed by atoms with Crippen molar-refractivity contribution in [3.63, 3.8) is 0 Å². The van der Waals surface area contributed by atoms with Gasteiger partial charge in [0, 0.05) is 18.7 Å². The molecule has 0 aromatic heterocycles. The first-order valence-corrected chi connectivity index (χ1v) is 3.34. The predicted molar refractivity (Wildman–Crippen MR) is 41.7 cm³/mol. The highest BCUT2D eigenvalue weighted by molar-refractivity contribution is 5.33. The maximum Gasteiger partial charge on any atom is 0.269 e. The molecule has 0 radical (unpaired) electrons. The van der Waals surface area contributed by atoms with Crippen molar-refractivity contribution in [1.29, 1.82) is 0 Å². The summed E-state index contributed by atoms with van der Waals surface area (Å²) in [5, 5.41) is 18.6. The predicted octanol–water partition coefficient (Wildman–Crippen LogP) is 1.07. The third-order valence-corrected chi connectivity index (χ3v) is 1.40. The van der Waals surface area contributed by atoms with Crippen LogP contribution in [-0.4, -0.2) is 10.1 Å². The lowest BCUT2D eigenvalue weighted by molar-refractivity contribution is -0.384. The van der Waals surface area contributed by atoms with Crippen LogP contribution in [0.1, 0.15) is 5.56 Å². The molecule has 12 heavy (non-hydrogen) atoms. The van der Waals surface area contributed by atoms with Gasteiger partial charge in [-0.1, -0.05) is 12.1 Å². The average molecular weight is 168 g/mol. The molecule has 0 aliphatic rings. The minimum atomic E-state index is -0.471. The van der Waals surface area contributed by atoms with Crippen LogP contribution in [0.2, 0.25) is 0 Å². The van der Waals surface area contributed by atoms with E-state index in [4.69, 9.17) is 5.21 Å². The number of hydroxylamine groups is 1. The SMILES string of the molecule is O=[N+]([O-])c1cccc(CNO)c1. The van der Waals surface area contributed by atoms with Crippen molar-refractivity contribution in [1.82, 2.24) is 5.48 Å². The molecule has 0 heterocycles. The highest BCUT2D eigenvalue weighted by atomic mass is 16.6. The van der Waals surface area contributed by atoms with Crippen LogP contribution in [-0.2, 0) is 6.54 Å². The van der Waals surface area contributed by atoms with Crippen LogP contribution in [0, 0.1) is 10.1 Å². The fourth-order valence-corrected chi connectivity index (χ4v) is 0.871. The third-order valence-electron chi connectivity index (χ3n) is 1.40. The summed E-state index contributed by atoms with van der Waals surface area (Å²) in [5.74, 6) is 0. The number of nitro benzene ring substituents is 1. The van der Waals surface area contributed by atoms with Gasteiger partial charge in [-0.05, 0) is 5.56 Å². The zero-order valence-electron chi connectivity index (χ0n) is 6.23. The molecule has 5 nitrogen and oxygen atoms in total. The van der Waals surface area contributed by atoms with Gasteiger partial charge < -0.3 is 5.21 Å². The normalized spacial score (nSPS) is 9.75. The Morgan fingerprint density at radius 1 is 1.58 bits per heavy atom. The van der Waals surface area contributed by atoms with Crippen LogP contribution < -0.4 is 5.48 Å². The number of rotatable bonds is 3. The molecule has 64 valence electrons. The van der Waals surface area contributed by atoms with E-state index in [9.17, 15) is 10.1 Å². The number of nitrogens with one attached hydrogen (secondary N) is 1. The summed E-state index contributed by atoms with van der Waals surface area (Å²) in [7, 11) is 0. The molecule has 0 saturated heterocycles. The number of non-ortho nitro benzene ring substituents is 1. The van der Waals surface area contributed by atoms with Crippen molar-refractivity contribution in [3.8, 4) is 0 Å². The van der Waals surface area contributed by atoms with E-state index >= 15 is 0 Å². The summed E-state index contributed by atoms with van der Waals surface area (Å²) in [6.07, 6.45) is 0. The first-order valence-electron chi connectivity index (χ1n) is 3.34. The molecular formula is C7H8N2O3. The van der Waals surface area contributed by atoms with E-state index in [-0.39, 0.29) is 12.2 Å². The maximum absolute atomic E-state index is 10.3. The second-order valence-corrected chi connectivity index (χ2v) is 2.26. The van der Waals surface area contributed by atoms with E-state index in [0.717, 1.165) is 0 Å². The minimum absolute atomic E-state index is 0.0303. The first-order chi connectivity index (χ1) is 5.74. The van der Waals surface area contributed by atoms with E-state index in [1.54, 1.807) is 12.1 Å². The van der Waals surface area contributed by atoms with Crippen LogP contribution in [0.5, 0.6) is 0 Å². The summed E-state index contributed by atoms with van der Waals surface area (Å²) < 4.78 is 0. The second-order valence-electron chi connectivity index (χ2n) is 2.26. The Hall–Kier alpha value is -1.46. The fraction of sp³-hybridized carbons (Fsp3) is 0.143. The number of benzene rings is 1. The molecule has 0 spiro atoms. The van der Waals surface area contributed by atoms with Gasteiger partial charge in [0.15, 0.2) is 0 Å². The lowest BCUT2D eigenvalue weighted by Gasteiger charge is -1.97. The number of hydrogen-bond acceptors (Lipinski definition) is 4. The van der Waals surface area contributed by atoms with Crippen LogP contribution in [0.25, 0.3) is 0 Å². The summed E-state index contributed by atoms with van der Waals surface area (Å²) in [4.78, 5) is 9.81. The van der Waals surface area contributed by atoms with Crippen molar-refractivity contribution < 1.29 is 10.1 Å². The smallest absolute Gasteiger partial charge is 0.269 e. The van der Waals surface area contributed by atoms with Crippen LogP contribution in [0.3, 0.4) is 0 Å². The molecule has 0 amide bonds. The molecule has 1 aromatic carbocycles. The molecule has 0 bridgehead atoms. The maximum atomic E-state index is 10.3. The van der Waals surface area contributed by atoms with Gasteiger partial charge >= 0.3 is 0 Å². The van der Waals surface area contributed by atoms with Gasteiger partial charge in [0.25, 0.3) is 5.69 Å². The van der Waals surface area contributed by atoms with Gasteiger partial charge in [0.05, 0.1) is 4.92 Å². The number of hydrogen-bond donors (Lipinski definition) is 2. The van der Waals surface area contributed by atoms with Crippen molar-refractivity contribution >= 4 is 5.69 Å². The van der Waals surface area contributed by atoms with Gasteiger partial charge in [-0.3, -0.25) is 10.1 Å². The Kier molecular flexibility index (Phi) is 2.73. The molecule has 0 atom stereocenters. The van der Waals surface area contributed by atoms with E-state index in [1.165, 1.54) is 12.1 Å². The molecule has 1 rings (SSSR count). The zero-order chi connectivity index (χ0) is 8.97. The van der Waals surface area contributed by atoms with Gasteiger partial charge in [0.1, 0.15) is 0 Å². The average Bonchev–Trinajstić information content (AvgIpc) is 2.05. The molecular weight excluding hydrogens is 160 g/mol. The van der Waals surface area contributed by atoms with Crippen LogP contribution in [0.15, 0.2) is 24.3 Å². The molecule has 0 unspecified atom stereocenters. The molecule has 1 aromatic rings. The van der Waals surface area contributed by atoms with Crippen molar-refractivity contribution in [2.45, 2.75) is 6.54 Å². The van der Waals surface area contributed by atoms with Gasteiger partial charge in [-0.15, -0.1) is 0 Å². The second kappa shape index (κ2) is 3.80. The Morgan fingerprint density at radius 3 is 2.92 bits per heavy atom. The molecule has 0 fully saturated rings. The van der Waals surface area contributed by atoms with Crippen molar-refractivity contribution in [2.75, 3.05) is 0 Å². The number of nitro groups is 1. The van der Waals surface area contributed by atoms with Gasteiger partial charge in [0.2, 0.25) is 0 Å². The Labute approximate surface area is 68.7 Å². The standard InChI is InChI=1S/C7H8N2O3/c10-8-5-6-2-1-3-7(4-6)9(11)12/h1-4,8,10H,5H2. The summed E-state index contributed by atoms with van der Waals surface area (Å²) in [6, 6.07) is 6.07. The Bertz CT molecular complexity index is 288. The summed E-state index contributed by atoms with van der Waals surface area (Å²) in [5.41, 5.74) is 2.63. The molecule has 0 aliphatic heterocycles. The largest absolute Gasteiger partial charge is 0.316 e. The molecule has 2 N–H and O–H groups in total. The lowest BCUT2D eigenvalue weighted by Crippen LogP contribution is -2.05. The van der Waals surface area contributed by atoms with Crippen LogP contribution in [0.4, 0.5) is 5.69 Å². The van der Waals surface area contributed by atoms with Crippen molar-refractivity contribution in [2.24, 2.45) is 0 Å². The fourth-order valence-electron chi connectivity index (χ4n) is 0.871. The van der Waals surface area contributed by atoms with Gasteiger partial charge in [-0.25, -0.2) is 5.48 Å². The van der Waals surface area contributed by atoms with Crippen LogP contribution >= 0.6 is 0 Å². The van der Waals surface area contributed by atoms with E-state index in [2.05, 4.69) is 0 Å². The lowest BCUT2D eigenvalue weighted by atomic mass is 10.2. The molecule has 5 heteroatoms. The number of nitrogens with zero attached hydrogens (tertiary/aromatic N) is 1. The highest BCUT2D eigenvalue weighted by Crippen LogP contribution is 2.12. The molecule has 0 aliphatic carbocycles. The highest BCUT2D eigenvalue weighted by Gasteiger charge is 2.04. The monoisotopic (exact) mass is 168 g/mol. The summed E-state index contributed by atoms with van der Waals surface area (Å²) >= 11 is 0. The summed E-state index contributed by atoms with van der Waals surface area (Å²) in [6.45, 7) is 0.210. The Balaban J connectivity index is 2.88. The molecule has 0 saturated carbocycles. The third kappa shape index (κ3) is 2.01. The van der Waals surface area contributed by atoms with E-state index < -0.39 is 4.92 Å². The quantitative estimate of drug-likeness (QED) is 0.523.